The SMILES string of the molecule is COc1ccc(-c2coc3cc(OCCC(C)N4CCC(N)CC4)ccc3c2=O)cc1. The van der Waals surface area contributed by atoms with Crippen molar-refractivity contribution in [2.24, 2.45) is 5.73 Å². The molecule has 0 amide bonds. The molecule has 6 heteroatoms. The van der Waals surface area contributed by atoms with Crippen molar-refractivity contribution in [2.75, 3.05) is 26.8 Å². The van der Waals surface area contributed by atoms with Crippen LogP contribution in [0, 0.1) is 0 Å². The second-order valence-electron chi connectivity index (χ2n) is 8.22. The van der Waals surface area contributed by atoms with Gasteiger partial charge in [0.2, 0.25) is 0 Å². The lowest BCUT2D eigenvalue weighted by atomic mass is 10.0. The van der Waals surface area contributed by atoms with Gasteiger partial charge in [-0.15, -0.1) is 0 Å². The third kappa shape index (κ3) is 4.92. The van der Waals surface area contributed by atoms with Gasteiger partial charge in [0.15, 0.2) is 5.43 Å². The van der Waals surface area contributed by atoms with E-state index in [-0.39, 0.29) is 5.43 Å². The number of rotatable bonds is 7. The average molecular weight is 423 g/mol. The molecule has 2 N–H and O–H groups in total. The van der Waals surface area contributed by atoms with E-state index in [1.54, 1.807) is 19.2 Å². The standard InChI is InChI=1S/C25H30N2O4/c1-17(27-12-9-19(26)10-13-27)11-14-30-21-7-8-22-24(15-21)31-16-23(25(22)28)18-3-5-20(29-2)6-4-18/h3-8,15-17,19H,9-14,26H2,1-2H3. The van der Waals surface area contributed by atoms with E-state index in [0.29, 0.717) is 41.0 Å². The Morgan fingerprint density at radius 1 is 1.13 bits per heavy atom. The second-order valence-corrected chi connectivity index (χ2v) is 8.22. The molecule has 1 aromatic heterocycles. The fourth-order valence-corrected chi connectivity index (χ4v) is 4.06. The second kappa shape index (κ2) is 9.54. The van der Waals surface area contributed by atoms with Gasteiger partial charge >= 0.3 is 0 Å². The number of benzene rings is 2. The van der Waals surface area contributed by atoms with Gasteiger partial charge in [-0.1, -0.05) is 12.1 Å². The zero-order valence-corrected chi connectivity index (χ0v) is 18.2. The molecule has 2 aromatic carbocycles. The molecule has 164 valence electrons. The number of fused-ring (bicyclic) bond motifs is 1. The van der Waals surface area contributed by atoms with Gasteiger partial charge in [0.1, 0.15) is 23.3 Å². The van der Waals surface area contributed by atoms with Crippen molar-refractivity contribution >= 4 is 11.0 Å². The molecule has 1 unspecified atom stereocenters. The van der Waals surface area contributed by atoms with Gasteiger partial charge in [-0.25, -0.2) is 0 Å². The van der Waals surface area contributed by atoms with Crippen LogP contribution in [0.25, 0.3) is 22.1 Å². The number of hydrogen-bond acceptors (Lipinski definition) is 6. The van der Waals surface area contributed by atoms with Crippen molar-refractivity contribution in [1.29, 1.82) is 0 Å². The van der Waals surface area contributed by atoms with Crippen LogP contribution in [-0.2, 0) is 0 Å². The molecule has 1 saturated heterocycles. The number of nitrogens with two attached hydrogens (primary N) is 1. The quantitative estimate of drug-likeness (QED) is 0.619. The predicted octanol–water partition coefficient (Wildman–Crippen LogP) is 4.05. The average Bonchev–Trinajstić information content (AvgIpc) is 2.80. The predicted molar refractivity (Wildman–Crippen MR) is 123 cm³/mol. The molecule has 1 atom stereocenters. The fraction of sp³-hybridized carbons (Fsp3) is 0.400. The molecular formula is C25H30N2O4. The van der Waals surface area contributed by atoms with Gasteiger partial charge in [-0.3, -0.25) is 4.79 Å². The van der Waals surface area contributed by atoms with Crippen LogP contribution in [0.4, 0.5) is 0 Å². The molecule has 0 spiro atoms. The smallest absolute Gasteiger partial charge is 0.200 e. The third-order valence-corrected chi connectivity index (χ3v) is 6.15. The van der Waals surface area contributed by atoms with Crippen LogP contribution in [0.5, 0.6) is 11.5 Å². The van der Waals surface area contributed by atoms with Crippen LogP contribution in [0.3, 0.4) is 0 Å². The van der Waals surface area contributed by atoms with E-state index in [1.807, 2.05) is 30.3 Å². The van der Waals surface area contributed by atoms with Crippen LogP contribution in [0.15, 0.2) is 57.9 Å². The van der Waals surface area contributed by atoms with Crippen molar-refractivity contribution in [3.8, 4) is 22.6 Å². The maximum Gasteiger partial charge on any atom is 0.200 e. The maximum atomic E-state index is 12.9. The molecule has 1 fully saturated rings. The van der Waals surface area contributed by atoms with Crippen molar-refractivity contribution in [1.82, 2.24) is 4.90 Å². The summed E-state index contributed by atoms with van der Waals surface area (Å²) in [5.41, 5.74) is 7.78. The summed E-state index contributed by atoms with van der Waals surface area (Å²) in [5.74, 6) is 1.45. The zero-order valence-electron chi connectivity index (χ0n) is 18.2. The largest absolute Gasteiger partial charge is 0.497 e. The van der Waals surface area contributed by atoms with Gasteiger partial charge in [0.05, 0.1) is 24.7 Å². The number of ether oxygens (including phenoxy) is 2. The topological polar surface area (TPSA) is 77.9 Å². The van der Waals surface area contributed by atoms with E-state index in [2.05, 4.69) is 11.8 Å². The summed E-state index contributed by atoms with van der Waals surface area (Å²) in [6, 6.07) is 13.6. The summed E-state index contributed by atoms with van der Waals surface area (Å²) < 4.78 is 16.9. The Labute approximate surface area is 182 Å². The Hall–Kier alpha value is -2.83. The lowest BCUT2D eigenvalue weighted by molar-refractivity contribution is 0.140. The molecule has 4 rings (SSSR count). The number of likely N-dealkylation sites (tertiary alicyclic amines) is 1. The highest BCUT2D eigenvalue weighted by Gasteiger charge is 2.20. The molecule has 6 nitrogen and oxygen atoms in total. The summed E-state index contributed by atoms with van der Waals surface area (Å²) in [5, 5.41) is 0.540. The van der Waals surface area contributed by atoms with E-state index < -0.39 is 0 Å². The van der Waals surface area contributed by atoms with Gasteiger partial charge in [0.25, 0.3) is 0 Å². The van der Waals surface area contributed by atoms with Crippen molar-refractivity contribution < 1.29 is 13.9 Å². The third-order valence-electron chi connectivity index (χ3n) is 6.15. The summed E-state index contributed by atoms with van der Waals surface area (Å²) >= 11 is 0. The van der Waals surface area contributed by atoms with Crippen LogP contribution in [0.2, 0.25) is 0 Å². The number of hydrogen-bond donors (Lipinski definition) is 1. The van der Waals surface area contributed by atoms with E-state index in [4.69, 9.17) is 19.6 Å². The van der Waals surface area contributed by atoms with Gasteiger partial charge in [-0.2, -0.15) is 0 Å². The van der Waals surface area contributed by atoms with Gasteiger partial charge in [0, 0.05) is 18.2 Å². The van der Waals surface area contributed by atoms with Crippen LogP contribution in [-0.4, -0.2) is 43.8 Å². The van der Waals surface area contributed by atoms with Crippen molar-refractivity contribution in [3.63, 3.8) is 0 Å². The normalized spacial score (nSPS) is 16.4. The highest BCUT2D eigenvalue weighted by Crippen LogP contribution is 2.25. The van der Waals surface area contributed by atoms with Crippen molar-refractivity contribution in [2.45, 2.75) is 38.3 Å². The minimum absolute atomic E-state index is 0.0603. The molecule has 1 aliphatic rings. The minimum atomic E-state index is -0.0603. The van der Waals surface area contributed by atoms with E-state index in [0.717, 1.165) is 43.7 Å². The summed E-state index contributed by atoms with van der Waals surface area (Å²) in [6.07, 6.45) is 4.58. The lowest BCUT2D eigenvalue weighted by Gasteiger charge is -2.34. The van der Waals surface area contributed by atoms with Gasteiger partial charge in [-0.05, 0) is 69.1 Å². The zero-order chi connectivity index (χ0) is 21.8. The Balaban J connectivity index is 1.42. The number of piperidine rings is 1. The fourth-order valence-electron chi connectivity index (χ4n) is 4.06. The van der Waals surface area contributed by atoms with E-state index >= 15 is 0 Å². The highest BCUT2D eigenvalue weighted by molar-refractivity contribution is 5.82. The Morgan fingerprint density at radius 3 is 2.55 bits per heavy atom. The first-order chi connectivity index (χ1) is 15.0. The van der Waals surface area contributed by atoms with Crippen LogP contribution in [0.1, 0.15) is 26.2 Å². The first kappa shape index (κ1) is 21.4. The van der Waals surface area contributed by atoms with Crippen LogP contribution >= 0.6 is 0 Å². The molecule has 0 saturated carbocycles. The Kier molecular flexibility index (Phi) is 6.59. The minimum Gasteiger partial charge on any atom is -0.497 e. The van der Waals surface area contributed by atoms with Crippen molar-refractivity contribution in [3.05, 3.63) is 59.0 Å². The van der Waals surface area contributed by atoms with Gasteiger partial charge < -0.3 is 24.5 Å². The summed E-state index contributed by atoms with van der Waals surface area (Å²) in [6.45, 7) is 4.96. The molecule has 1 aliphatic heterocycles. The lowest BCUT2D eigenvalue weighted by Crippen LogP contribution is -2.44. The summed E-state index contributed by atoms with van der Waals surface area (Å²) in [4.78, 5) is 15.4. The first-order valence-electron chi connectivity index (χ1n) is 10.9. The first-order valence-corrected chi connectivity index (χ1v) is 10.9. The van der Waals surface area contributed by atoms with E-state index in [9.17, 15) is 4.79 Å². The molecule has 31 heavy (non-hydrogen) atoms. The summed E-state index contributed by atoms with van der Waals surface area (Å²) in [7, 11) is 1.61. The highest BCUT2D eigenvalue weighted by atomic mass is 16.5. The number of methoxy groups -OCH3 is 1. The molecular weight excluding hydrogens is 392 g/mol. The molecule has 3 aromatic rings. The van der Waals surface area contributed by atoms with E-state index in [1.165, 1.54) is 6.26 Å². The van der Waals surface area contributed by atoms with Crippen LogP contribution < -0.4 is 20.6 Å². The molecule has 0 aliphatic carbocycles. The molecule has 0 radical (unpaired) electrons. The molecule has 0 bridgehead atoms. The molecule has 2 heterocycles. The maximum absolute atomic E-state index is 12.9. The monoisotopic (exact) mass is 422 g/mol. The Morgan fingerprint density at radius 2 is 1.84 bits per heavy atom. The number of nitrogens with zero attached hydrogens (tertiary/aromatic N) is 1. The Bertz CT molecular complexity index is 1070.